The second-order valence-electron chi connectivity index (χ2n) is 3.69. The molecule has 0 bridgehead atoms. The summed E-state index contributed by atoms with van der Waals surface area (Å²) < 4.78 is 0. The zero-order chi connectivity index (χ0) is 12.7. The summed E-state index contributed by atoms with van der Waals surface area (Å²) in [6.45, 7) is 1.90. The molecule has 7 heteroatoms. The fraction of sp³-hybridized carbons (Fsp3) is 0.0909. The molecule has 3 aromatic rings. The van der Waals surface area contributed by atoms with E-state index in [1.807, 2.05) is 6.92 Å². The number of aromatic nitrogens is 4. The van der Waals surface area contributed by atoms with Gasteiger partial charge in [0, 0.05) is 12.4 Å². The Labute approximate surface area is 105 Å². The van der Waals surface area contributed by atoms with E-state index in [-0.39, 0.29) is 5.56 Å². The third kappa shape index (κ3) is 1.65. The maximum atomic E-state index is 11.1. The number of nitrogens with one attached hydrogen (secondary N) is 1. The quantitative estimate of drug-likeness (QED) is 0.736. The molecule has 0 amide bonds. The number of carboxylic acid groups (broad SMARTS) is 1. The Morgan fingerprint density at radius 3 is 2.94 bits per heavy atom. The highest BCUT2D eigenvalue weighted by Gasteiger charge is 2.14. The van der Waals surface area contributed by atoms with Crippen LogP contribution >= 0.6 is 11.3 Å². The molecular weight excluding hydrogens is 252 g/mol. The third-order valence-corrected chi connectivity index (χ3v) is 3.40. The molecule has 0 unspecified atom stereocenters. The van der Waals surface area contributed by atoms with Gasteiger partial charge >= 0.3 is 5.97 Å². The largest absolute Gasteiger partial charge is 0.478 e. The molecule has 0 aliphatic rings. The van der Waals surface area contributed by atoms with Crippen LogP contribution in [0.3, 0.4) is 0 Å². The number of thiazole rings is 1. The second kappa shape index (κ2) is 3.88. The second-order valence-corrected chi connectivity index (χ2v) is 4.93. The van der Waals surface area contributed by atoms with Crippen LogP contribution in [0.1, 0.15) is 15.4 Å². The highest BCUT2D eigenvalue weighted by atomic mass is 32.1. The summed E-state index contributed by atoms with van der Waals surface area (Å²) in [7, 11) is 0. The minimum absolute atomic E-state index is 0.167. The lowest BCUT2D eigenvalue weighted by molar-refractivity contribution is 0.0699. The van der Waals surface area contributed by atoms with Crippen LogP contribution in [0.15, 0.2) is 18.5 Å². The van der Waals surface area contributed by atoms with Crippen molar-refractivity contribution in [3.63, 3.8) is 0 Å². The molecule has 0 saturated carbocycles. The molecule has 3 rings (SSSR count). The van der Waals surface area contributed by atoms with E-state index in [9.17, 15) is 4.79 Å². The van der Waals surface area contributed by atoms with Gasteiger partial charge in [0.1, 0.15) is 0 Å². The van der Waals surface area contributed by atoms with E-state index in [4.69, 9.17) is 5.11 Å². The van der Waals surface area contributed by atoms with Gasteiger partial charge in [0.25, 0.3) is 0 Å². The number of carbonyl (C=O) groups is 1. The van der Waals surface area contributed by atoms with Crippen LogP contribution in [-0.2, 0) is 0 Å². The number of hydrogen-bond donors (Lipinski definition) is 2. The predicted octanol–water partition coefficient (Wildman–Crippen LogP) is 2.09. The van der Waals surface area contributed by atoms with Gasteiger partial charge in [0.2, 0.25) is 0 Å². The standard InChI is InChI=1S/C11H8N4O2S/c1-5-13-4-7(18-5)9-14-8-6(11(16)17)2-3-12-10(8)15-9/h2-4H,1H3,(H,16,17)(H,12,14,15). The maximum Gasteiger partial charge on any atom is 0.338 e. The Kier molecular flexibility index (Phi) is 2.34. The van der Waals surface area contributed by atoms with Crippen molar-refractivity contribution in [2.75, 3.05) is 0 Å². The fourth-order valence-electron chi connectivity index (χ4n) is 1.68. The fourth-order valence-corrected chi connectivity index (χ4v) is 2.40. The highest BCUT2D eigenvalue weighted by molar-refractivity contribution is 7.14. The number of H-pyrrole nitrogens is 1. The number of fused-ring (bicyclic) bond motifs is 1. The third-order valence-electron chi connectivity index (χ3n) is 2.48. The predicted molar refractivity (Wildman–Crippen MR) is 66.7 cm³/mol. The molecule has 3 aromatic heterocycles. The molecule has 18 heavy (non-hydrogen) atoms. The molecule has 0 aliphatic heterocycles. The van der Waals surface area contributed by atoms with Gasteiger partial charge in [0.15, 0.2) is 11.5 Å². The molecule has 90 valence electrons. The first-order chi connectivity index (χ1) is 8.65. The van der Waals surface area contributed by atoms with Crippen molar-refractivity contribution in [3.05, 3.63) is 29.0 Å². The van der Waals surface area contributed by atoms with Crippen molar-refractivity contribution in [1.29, 1.82) is 0 Å². The Morgan fingerprint density at radius 2 is 2.28 bits per heavy atom. The first-order valence-electron chi connectivity index (χ1n) is 5.16. The lowest BCUT2D eigenvalue weighted by atomic mass is 10.2. The van der Waals surface area contributed by atoms with Crippen molar-refractivity contribution < 1.29 is 9.90 Å². The van der Waals surface area contributed by atoms with Gasteiger partial charge < -0.3 is 10.1 Å². The number of imidazole rings is 1. The molecule has 3 heterocycles. The molecule has 0 aliphatic carbocycles. The topological polar surface area (TPSA) is 91.8 Å². The highest BCUT2D eigenvalue weighted by Crippen LogP contribution is 2.25. The summed E-state index contributed by atoms with van der Waals surface area (Å²) >= 11 is 1.49. The van der Waals surface area contributed by atoms with Crippen molar-refractivity contribution in [2.45, 2.75) is 6.92 Å². The van der Waals surface area contributed by atoms with Crippen LogP contribution in [0.5, 0.6) is 0 Å². The summed E-state index contributed by atoms with van der Waals surface area (Å²) in [5, 5.41) is 10.0. The molecule has 2 N–H and O–H groups in total. The molecule has 0 spiro atoms. The number of hydrogen-bond acceptors (Lipinski definition) is 5. The molecule has 0 atom stereocenters. The SMILES string of the molecule is Cc1ncc(-c2nc3nccc(C(=O)O)c3[nH]2)s1. The van der Waals surface area contributed by atoms with Gasteiger partial charge in [-0.2, -0.15) is 0 Å². The van der Waals surface area contributed by atoms with Crippen molar-refractivity contribution in [3.8, 4) is 10.7 Å². The Hall–Kier alpha value is -2.28. The summed E-state index contributed by atoms with van der Waals surface area (Å²) in [4.78, 5) is 27.4. The van der Waals surface area contributed by atoms with E-state index < -0.39 is 5.97 Å². The van der Waals surface area contributed by atoms with E-state index in [1.165, 1.54) is 23.6 Å². The first kappa shape index (κ1) is 10.8. The number of aryl methyl sites for hydroxylation is 1. The van der Waals surface area contributed by atoms with E-state index in [1.54, 1.807) is 6.20 Å². The average Bonchev–Trinajstić information content (AvgIpc) is 2.93. The Balaban J connectivity index is 2.22. The summed E-state index contributed by atoms with van der Waals surface area (Å²) in [6, 6.07) is 1.45. The number of pyridine rings is 1. The zero-order valence-corrected chi connectivity index (χ0v) is 10.2. The smallest absolute Gasteiger partial charge is 0.338 e. The van der Waals surface area contributed by atoms with E-state index in [0.717, 1.165) is 9.88 Å². The minimum atomic E-state index is -1.00. The van der Waals surface area contributed by atoms with Crippen LogP contribution in [0, 0.1) is 6.92 Å². The Morgan fingerprint density at radius 1 is 1.44 bits per heavy atom. The van der Waals surface area contributed by atoms with Gasteiger partial charge in [-0.1, -0.05) is 0 Å². The van der Waals surface area contributed by atoms with Crippen LogP contribution in [-0.4, -0.2) is 31.0 Å². The summed E-state index contributed by atoms with van der Waals surface area (Å²) in [6.07, 6.45) is 3.15. The van der Waals surface area contributed by atoms with Gasteiger partial charge in [-0.3, -0.25) is 0 Å². The van der Waals surface area contributed by atoms with Gasteiger partial charge in [-0.05, 0) is 13.0 Å². The van der Waals surface area contributed by atoms with Crippen LogP contribution in [0.25, 0.3) is 21.9 Å². The van der Waals surface area contributed by atoms with Crippen molar-refractivity contribution in [1.82, 2.24) is 19.9 Å². The number of carboxylic acids is 1. The Bertz CT molecular complexity index is 746. The van der Waals surface area contributed by atoms with Crippen LogP contribution in [0.4, 0.5) is 0 Å². The lowest BCUT2D eigenvalue weighted by Gasteiger charge is -1.93. The van der Waals surface area contributed by atoms with Gasteiger partial charge in [-0.25, -0.2) is 19.7 Å². The normalized spacial score (nSPS) is 10.9. The summed E-state index contributed by atoms with van der Waals surface area (Å²) in [5.41, 5.74) is 1.00. The molecule has 0 fully saturated rings. The van der Waals surface area contributed by atoms with E-state index >= 15 is 0 Å². The lowest BCUT2D eigenvalue weighted by Crippen LogP contribution is -1.97. The van der Waals surface area contributed by atoms with Crippen LogP contribution < -0.4 is 0 Å². The number of aromatic carboxylic acids is 1. The number of rotatable bonds is 2. The summed E-state index contributed by atoms with van der Waals surface area (Å²) in [5.74, 6) is -0.408. The van der Waals surface area contributed by atoms with Gasteiger partial charge in [0.05, 0.1) is 21.0 Å². The van der Waals surface area contributed by atoms with E-state index in [2.05, 4.69) is 19.9 Å². The monoisotopic (exact) mass is 260 g/mol. The molecule has 6 nitrogen and oxygen atoms in total. The number of nitrogens with zero attached hydrogens (tertiary/aromatic N) is 3. The molecular formula is C11H8N4O2S. The minimum Gasteiger partial charge on any atom is -0.478 e. The van der Waals surface area contributed by atoms with Crippen molar-refractivity contribution >= 4 is 28.5 Å². The molecule has 0 aromatic carbocycles. The molecule has 0 radical (unpaired) electrons. The van der Waals surface area contributed by atoms with E-state index in [0.29, 0.717) is 17.0 Å². The maximum absolute atomic E-state index is 11.1. The number of aromatic amines is 1. The first-order valence-corrected chi connectivity index (χ1v) is 5.97. The zero-order valence-electron chi connectivity index (χ0n) is 9.34. The van der Waals surface area contributed by atoms with Crippen LogP contribution in [0.2, 0.25) is 0 Å². The average molecular weight is 260 g/mol. The molecule has 0 saturated heterocycles. The van der Waals surface area contributed by atoms with Crippen molar-refractivity contribution in [2.24, 2.45) is 0 Å². The van der Waals surface area contributed by atoms with Gasteiger partial charge in [-0.15, -0.1) is 11.3 Å².